The van der Waals surface area contributed by atoms with Gasteiger partial charge in [0.2, 0.25) is 0 Å². The zero-order valence-corrected chi connectivity index (χ0v) is 14.9. The number of thiol groups is 1. The summed E-state index contributed by atoms with van der Waals surface area (Å²) in [6.45, 7) is 2.06. The van der Waals surface area contributed by atoms with Gasteiger partial charge in [-0.3, -0.25) is 4.79 Å². The number of hydrogen-bond donors (Lipinski definition) is 3. The van der Waals surface area contributed by atoms with Gasteiger partial charge in [0.25, 0.3) is 0 Å². The first-order valence-electron chi connectivity index (χ1n) is 7.62. The normalized spacial score (nSPS) is 9.72. The molecule has 2 N–H and O–H groups in total. The van der Waals surface area contributed by atoms with Crippen LogP contribution in [0.2, 0.25) is 0 Å². The first kappa shape index (κ1) is 18.5. The molecule has 3 rings (SSSR count). The Labute approximate surface area is 151 Å². The largest absolute Gasteiger partial charge is 0.457 e. The van der Waals surface area contributed by atoms with Crippen molar-refractivity contribution in [1.82, 2.24) is 4.73 Å². The highest BCUT2D eigenvalue weighted by atomic mass is 32.1. The monoisotopic (exact) mass is 356 g/mol. The molecule has 3 aromatic rings. The van der Waals surface area contributed by atoms with Crippen LogP contribution in [-0.4, -0.2) is 17.0 Å². The summed E-state index contributed by atoms with van der Waals surface area (Å²) < 4.78 is 6.19. The number of pyridine rings is 1. The SMILES string of the molecule is CNc1cccn(O)c1=O.Cc1ccc(Oc2ccc(S)cc2)cc1. The average Bonchev–Trinajstić information content (AvgIpc) is 2.62. The smallest absolute Gasteiger partial charge is 0.306 e. The fraction of sp³-hybridized carbons (Fsp3) is 0.105. The Bertz CT molecular complexity index is 816. The second-order valence-electron chi connectivity index (χ2n) is 5.23. The van der Waals surface area contributed by atoms with Crippen LogP contribution in [0.15, 0.2) is 76.6 Å². The Kier molecular flexibility index (Phi) is 6.54. The summed E-state index contributed by atoms with van der Waals surface area (Å²) >= 11 is 4.22. The Balaban J connectivity index is 0.000000196. The molecule has 0 saturated heterocycles. The zero-order chi connectivity index (χ0) is 18.2. The number of aryl methyl sites for hydroxylation is 1. The summed E-state index contributed by atoms with van der Waals surface area (Å²) in [5.41, 5.74) is 1.17. The second-order valence-corrected chi connectivity index (χ2v) is 5.75. The molecule has 0 saturated carbocycles. The van der Waals surface area contributed by atoms with Crippen LogP contribution in [0.3, 0.4) is 0 Å². The molecule has 130 valence electrons. The van der Waals surface area contributed by atoms with Crippen LogP contribution in [-0.2, 0) is 0 Å². The van der Waals surface area contributed by atoms with Gasteiger partial charge in [-0.1, -0.05) is 17.7 Å². The zero-order valence-electron chi connectivity index (χ0n) is 14.0. The maximum atomic E-state index is 10.9. The number of aromatic nitrogens is 1. The highest BCUT2D eigenvalue weighted by molar-refractivity contribution is 7.80. The predicted octanol–water partition coefficient (Wildman–Crippen LogP) is 4.20. The van der Waals surface area contributed by atoms with Gasteiger partial charge in [0.05, 0.1) is 0 Å². The molecule has 2 aromatic carbocycles. The summed E-state index contributed by atoms with van der Waals surface area (Å²) in [5.74, 6) is 1.68. The first-order chi connectivity index (χ1) is 12.0. The van der Waals surface area contributed by atoms with Gasteiger partial charge in [0.1, 0.15) is 17.2 Å². The van der Waals surface area contributed by atoms with E-state index in [0.29, 0.717) is 10.4 Å². The lowest BCUT2D eigenvalue weighted by Crippen LogP contribution is -2.19. The summed E-state index contributed by atoms with van der Waals surface area (Å²) in [5, 5.41) is 11.4. The van der Waals surface area contributed by atoms with Gasteiger partial charge in [-0.25, -0.2) is 0 Å². The molecular formula is C19H20N2O3S. The second kappa shape index (κ2) is 8.84. The Morgan fingerprint density at radius 2 is 1.56 bits per heavy atom. The average molecular weight is 356 g/mol. The molecular weight excluding hydrogens is 336 g/mol. The van der Waals surface area contributed by atoms with Gasteiger partial charge in [-0.2, -0.15) is 4.73 Å². The van der Waals surface area contributed by atoms with Gasteiger partial charge in [0, 0.05) is 18.1 Å². The van der Waals surface area contributed by atoms with Crippen LogP contribution in [0.5, 0.6) is 11.5 Å². The molecule has 0 radical (unpaired) electrons. The van der Waals surface area contributed by atoms with Crippen molar-refractivity contribution >= 4 is 18.3 Å². The van der Waals surface area contributed by atoms with Crippen molar-refractivity contribution in [2.24, 2.45) is 0 Å². The molecule has 1 aromatic heterocycles. The number of rotatable bonds is 3. The summed E-state index contributed by atoms with van der Waals surface area (Å²) in [6.07, 6.45) is 1.28. The molecule has 0 unspecified atom stereocenters. The number of benzene rings is 2. The van der Waals surface area contributed by atoms with Crippen molar-refractivity contribution in [3.8, 4) is 11.5 Å². The first-order valence-corrected chi connectivity index (χ1v) is 8.06. The fourth-order valence-electron chi connectivity index (χ4n) is 1.93. The maximum absolute atomic E-state index is 10.9. The summed E-state index contributed by atoms with van der Waals surface area (Å²) in [4.78, 5) is 11.8. The third-order valence-corrected chi connectivity index (χ3v) is 3.59. The van der Waals surface area contributed by atoms with E-state index in [9.17, 15) is 4.79 Å². The van der Waals surface area contributed by atoms with E-state index in [4.69, 9.17) is 9.94 Å². The Hall–Kier alpha value is -2.86. The minimum Gasteiger partial charge on any atom is -0.457 e. The molecule has 0 aliphatic carbocycles. The molecule has 0 amide bonds. The summed E-state index contributed by atoms with van der Waals surface area (Å²) in [6, 6.07) is 18.8. The third-order valence-electron chi connectivity index (χ3n) is 3.29. The van der Waals surface area contributed by atoms with Crippen molar-refractivity contribution in [2.75, 3.05) is 12.4 Å². The standard InChI is InChI=1S/C13H12OS.C6H8N2O2/c1-10-2-4-11(5-3-10)14-12-6-8-13(15)9-7-12;1-7-5-3-2-4-8(10)6(5)9/h2-9,15H,1H3;2-4,7,10H,1H3. The van der Waals surface area contributed by atoms with Crippen LogP contribution in [0, 0.1) is 6.92 Å². The van der Waals surface area contributed by atoms with Gasteiger partial charge < -0.3 is 15.3 Å². The lowest BCUT2D eigenvalue weighted by molar-refractivity contribution is 0.175. The maximum Gasteiger partial charge on any atom is 0.306 e. The van der Waals surface area contributed by atoms with E-state index in [0.717, 1.165) is 16.4 Å². The van der Waals surface area contributed by atoms with E-state index < -0.39 is 5.56 Å². The van der Waals surface area contributed by atoms with E-state index in [1.807, 2.05) is 48.5 Å². The molecule has 0 bridgehead atoms. The Morgan fingerprint density at radius 1 is 1.00 bits per heavy atom. The minimum absolute atomic E-state index is 0.380. The van der Waals surface area contributed by atoms with Crippen molar-refractivity contribution in [1.29, 1.82) is 0 Å². The lowest BCUT2D eigenvalue weighted by atomic mass is 10.2. The third kappa shape index (κ3) is 5.61. The number of nitrogens with zero attached hydrogens (tertiary/aromatic N) is 1. The topological polar surface area (TPSA) is 63.5 Å². The number of ether oxygens (including phenoxy) is 1. The van der Waals surface area contributed by atoms with Crippen molar-refractivity contribution < 1.29 is 9.94 Å². The van der Waals surface area contributed by atoms with Crippen LogP contribution in [0.25, 0.3) is 0 Å². The van der Waals surface area contributed by atoms with Crippen LogP contribution in [0.1, 0.15) is 5.56 Å². The molecule has 6 heteroatoms. The van der Waals surface area contributed by atoms with Crippen LogP contribution in [0.4, 0.5) is 5.69 Å². The van der Waals surface area contributed by atoms with Crippen LogP contribution >= 0.6 is 12.6 Å². The predicted molar refractivity (Wildman–Crippen MR) is 102 cm³/mol. The van der Waals surface area contributed by atoms with Gasteiger partial charge in [-0.15, -0.1) is 12.6 Å². The molecule has 0 atom stereocenters. The molecule has 25 heavy (non-hydrogen) atoms. The molecule has 0 spiro atoms. The van der Waals surface area contributed by atoms with Crippen molar-refractivity contribution in [3.05, 3.63) is 82.8 Å². The highest BCUT2D eigenvalue weighted by Gasteiger charge is 1.97. The highest BCUT2D eigenvalue weighted by Crippen LogP contribution is 2.22. The Morgan fingerprint density at radius 3 is 2.08 bits per heavy atom. The van der Waals surface area contributed by atoms with Gasteiger partial charge in [0.15, 0.2) is 0 Å². The molecule has 0 aliphatic rings. The molecule has 5 nitrogen and oxygen atoms in total. The van der Waals surface area contributed by atoms with E-state index in [-0.39, 0.29) is 0 Å². The molecule has 0 aliphatic heterocycles. The number of nitrogens with one attached hydrogen (secondary N) is 1. The number of anilines is 1. The quantitative estimate of drug-likeness (QED) is 0.486. The lowest BCUT2D eigenvalue weighted by Gasteiger charge is -2.05. The van der Waals surface area contributed by atoms with E-state index >= 15 is 0 Å². The summed E-state index contributed by atoms with van der Waals surface area (Å²) in [7, 11) is 1.62. The van der Waals surface area contributed by atoms with Gasteiger partial charge in [-0.05, 0) is 55.5 Å². The van der Waals surface area contributed by atoms with E-state index in [1.54, 1.807) is 19.2 Å². The van der Waals surface area contributed by atoms with Crippen molar-refractivity contribution in [3.63, 3.8) is 0 Å². The van der Waals surface area contributed by atoms with E-state index in [1.165, 1.54) is 11.8 Å². The molecule has 0 fully saturated rings. The number of hydrogen-bond acceptors (Lipinski definition) is 5. The van der Waals surface area contributed by atoms with Gasteiger partial charge >= 0.3 is 5.56 Å². The minimum atomic E-state index is -0.440. The van der Waals surface area contributed by atoms with E-state index in [2.05, 4.69) is 24.9 Å². The van der Waals surface area contributed by atoms with Crippen molar-refractivity contribution in [2.45, 2.75) is 11.8 Å². The van der Waals surface area contributed by atoms with Crippen LogP contribution < -0.4 is 15.6 Å². The fourth-order valence-corrected chi connectivity index (χ4v) is 2.08. The molecule has 1 heterocycles.